The van der Waals surface area contributed by atoms with Crippen molar-refractivity contribution in [3.8, 4) is 0 Å². The van der Waals surface area contributed by atoms with Crippen molar-refractivity contribution < 1.29 is 49.8 Å². The Kier molecular flexibility index (Phi) is 6040. The maximum absolute atomic E-state index is 8.00. The molecule has 92 valence electrons. The first-order chi connectivity index (χ1) is 6.91. The van der Waals surface area contributed by atoms with Crippen LogP contribution < -0.4 is 0 Å². The SMILES string of the molecule is C=O.C=O.C=O.C=O.C=O.CCOC.[Mo]. The zero-order chi connectivity index (χ0) is 13.4. The molecule has 0 aromatic carbocycles. The average Bonchev–Trinajstić information content (AvgIpc) is 2.41. The Balaban J connectivity index is -0.0000000105. The summed E-state index contributed by atoms with van der Waals surface area (Å²) in [6.07, 6.45) is 0. The van der Waals surface area contributed by atoms with E-state index in [-0.39, 0.29) is 21.1 Å². The number of ether oxygens (including phenoxy) is 1. The average molecular weight is 306 g/mol. The molecule has 6 nitrogen and oxygen atoms in total. The summed E-state index contributed by atoms with van der Waals surface area (Å²) in [7, 11) is 1.68. The van der Waals surface area contributed by atoms with Gasteiger partial charge in [-0.3, -0.25) is 0 Å². The van der Waals surface area contributed by atoms with Crippen LogP contribution in [0.15, 0.2) is 0 Å². The fraction of sp³-hybridized carbons (Fsp3) is 0.375. The molecule has 0 aromatic heterocycles. The van der Waals surface area contributed by atoms with Gasteiger partial charge >= 0.3 is 0 Å². The van der Waals surface area contributed by atoms with Crippen molar-refractivity contribution in [3.63, 3.8) is 0 Å². The number of carbonyl (C=O) groups excluding carboxylic acids is 5. The number of carbonyl (C=O) groups is 5. The van der Waals surface area contributed by atoms with E-state index in [4.69, 9.17) is 24.0 Å². The molecule has 0 atom stereocenters. The van der Waals surface area contributed by atoms with Gasteiger partial charge in [0.1, 0.15) is 33.9 Å². The monoisotopic (exact) mass is 308 g/mol. The van der Waals surface area contributed by atoms with Gasteiger partial charge in [0, 0.05) is 34.8 Å². The van der Waals surface area contributed by atoms with Crippen molar-refractivity contribution in [2.75, 3.05) is 13.7 Å². The standard InChI is InChI=1S/C3H8O.5CH2O.Mo/c1-3-4-2;5*1-2;/h3H2,1-2H3;5*1H2;. The van der Waals surface area contributed by atoms with Crippen molar-refractivity contribution >= 4 is 33.9 Å². The molecule has 15 heavy (non-hydrogen) atoms. The van der Waals surface area contributed by atoms with Crippen LogP contribution in [-0.4, -0.2) is 47.7 Å². The second-order valence-electron chi connectivity index (χ2n) is 0.577. The molecule has 0 aromatic rings. The molecule has 0 heterocycles. The Bertz CT molecular complexity index is 44.8. The molecule has 7 heteroatoms. The molecule has 0 spiro atoms. The molecule has 0 aliphatic heterocycles. The van der Waals surface area contributed by atoms with Gasteiger partial charge < -0.3 is 28.7 Å². The van der Waals surface area contributed by atoms with Gasteiger partial charge in [-0.15, -0.1) is 0 Å². The molecule has 0 saturated carbocycles. The summed E-state index contributed by atoms with van der Waals surface area (Å²) < 4.78 is 4.54. The van der Waals surface area contributed by atoms with Gasteiger partial charge in [-0.25, -0.2) is 0 Å². The van der Waals surface area contributed by atoms with E-state index in [1.165, 1.54) is 0 Å². The van der Waals surface area contributed by atoms with E-state index in [2.05, 4.69) is 4.74 Å². The van der Waals surface area contributed by atoms with Crippen LogP contribution in [0, 0.1) is 0 Å². The van der Waals surface area contributed by atoms with E-state index in [1.54, 1.807) is 7.11 Å². The Hall–Kier alpha value is -1.00. The first-order valence-corrected chi connectivity index (χ1v) is 2.85. The van der Waals surface area contributed by atoms with Gasteiger partial charge in [0.25, 0.3) is 0 Å². The predicted octanol–water partition coefficient (Wildman–Crippen LogP) is -0.274. The molecule has 0 bridgehead atoms. The molecular formula is C8H18MoO6. The summed E-state index contributed by atoms with van der Waals surface area (Å²) in [6.45, 7) is 12.8. The quantitative estimate of drug-likeness (QED) is 0.619. The Labute approximate surface area is 105 Å². The molecule has 0 fully saturated rings. The Morgan fingerprint density at radius 2 is 0.800 bits per heavy atom. The van der Waals surface area contributed by atoms with Crippen LogP contribution in [0.5, 0.6) is 0 Å². The summed E-state index contributed by atoms with van der Waals surface area (Å²) in [5, 5.41) is 0. The summed E-state index contributed by atoms with van der Waals surface area (Å²) >= 11 is 0. The van der Waals surface area contributed by atoms with Crippen molar-refractivity contribution in [2.45, 2.75) is 6.92 Å². The molecule has 0 saturated heterocycles. The van der Waals surface area contributed by atoms with E-state index >= 15 is 0 Å². The van der Waals surface area contributed by atoms with Crippen LogP contribution in [-0.2, 0) is 49.8 Å². The zero-order valence-corrected chi connectivity index (χ0v) is 11.1. The van der Waals surface area contributed by atoms with Crippen LogP contribution in [0.3, 0.4) is 0 Å². The fourth-order valence-electron chi connectivity index (χ4n) is 0. The molecule has 0 aliphatic rings. The van der Waals surface area contributed by atoms with Crippen LogP contribution in [0.2, 0.25) is 0 Å². The van der Waals surface area contributed by atoms with E-state index in [0.29, 0.717) is 0 Å². The molecule has 0 rings (SSSR count). The summed E-state index contributed by atoms with van der Waals surface area (Å²) in [5.74, 6) is 0. The Morgan fingerprint density at radius 1 is 0.733 bits per heavy atom. The van der Waals surface area contributed by atoms with Gasteiger partial charge in [-0.05, 0) is 6.92 Å². The molecular weight excluding hydrogens is 288 g/mol. The third-order valence-corrected chi connectivity index (χ3v) is 0.289. The van der Waals surface area contributed by atoms with E-state index < -0.39 is 0 Å². The largest absolute Gasteiger partial charge is 0.385 e. The van der Waals surface area contributed by atoms with Crippen molar-refractivity contribution in [1.29, 1.82) is 0 Å². The number of hydrogen-bond donors (Lipinski definition) is 0. The second kappa shape index (κ2) is 1880. The third kappa shape index (κ3) is 552000000. The van der Waals surface area contributed by atoms with Crippen LogP contribution in [0.4, 0.5) is 0 Å². The molecule has 0 radical (unpaired) electrons. The normalized spacial score (nSPS) is 3.33. The first kappa shape index (κ1) is 48.3. The van der Waals surface area contributed by atoms with Crippen molar-refractivity contribution in [1.82, 2.24) is 0 Å². The van der Waals surface area contributed by atoms with Gasteiger partial charge in [0.05, 0.1) is 0 Å². The van der Waals surface area contributed by atoms with Gasteiger partial charge in [0.15, 0.2) is 0 Å². The number of rotatable bonds is 1. The second-order valence-corrected chi connectivity index (χ2v) is 0.577. The minimum Gasteiger partial charge on any atom is -0.385 e. The topological polar surface area (TPSA) is 94.6 Å². The molecule has 0 N–H and O–H groups in total. The van der Waals surface area contributed by atoms with Crippen LogP contribution in [0.1, 0.15) is 6.92 Å². The smallest absolute Gasteiger partial charge is 0.106 e. The third-order valence-electron chi connectivity index (χ3n) is 0.289. The molecule has 0 aliphatic carbocycles. The van der Waals surface area contributed by atoms with E-state index in [0.717, 1.165) is 6.61 Å². The van der Waals surface area contributed by atoms with Gasteiger partial charge in [-0.1, -0.05) is 0 Å². The fourth-order valence-corrected chi connectivity index (χ4v) is 0. The summed E-state index contributed by atoms with van der Waals surface area (Å²) in [5.41, 5.74) is 0. The number of methoxy groups -OCH3 is 1. The summed E-state index contributed by atoms with van der Waals surface area (Å²) in [6, 6.07) is 0. The van der Waals surface area contributed by atoms with Gasteiger partial charge in [0.2, 0.25) is 0 Å². The van der Waals surface area contributed by atoms with Gasteiger partial charge in [-0.2, -0.15) is 0 Å². The predicted molar refractivity (Wildman–Crippen MR) is 53.2 cm³/mol. The molecule has 0 amide bonds. The summed E-state index contributed by atoms with van der Waals surface area (Å²) in [4.78, 5) is 40.0. The van der Waals surface area contributed by atoms with E-state index in [1.807, 2.05) is 40.9 Å². The van der Waals surface area contributed by atoms with Crippen LogP contribution in [0.25, 0.3) is 0 Å². The van der Waals surface area contributed by atoms with Crippen molar-refractivity contribution in [2.24, 2.45) is 0 Å². The maximum Gasteiger partial charge on any atom is 0.106 e. The molecule has 0 unspecified atom stereocenters. The maximum atomic E-state index is 8.00. The minimum absolute atomic E-state index is 0. The van der Waals surface area contributed by atoms with E-state index in [9.17, 15) is 0 Å². The number of hydrogen-bond acceptors (Lipinski definition) is 6. The Morgan fingerprint density at radius 3 is 0.800 bits per heavy atom. The minimum atomic E-state index is 0. The van der Waals surface area contributed by atoms with Crippen molar-refractivity contribution in [3.05, 3.63) is 0 Å². The first-order valence-electron chi connectivity index (χ1n) is 2.85. The van der Waals surface area contributed by atoms with Crippen LogP contribution >= 0.6 is 0 Å². The zero-order valence-electron chi connectivity index (χ0n) is 9.10.